The lowest BCUT2D eigenvalue weighted by Crippen LogP contribution is -2.38. The molecule has 17 heavy (non-hydrogen) atoms. The van der Waals surface area contributed by atoms with Gasteiger partial charge in [0.2, 0.25) is 0 Å². The number of ether oxygens (including phenoxy) is 1. The van der Waals surface area contributed by atoms with Crippen molar-refractivity contribution < 1.29 is 17.9 Å². The fourth-order valence-electron chi connectivity index (χ4n) is 2.12. The van der Waals surface area contributed by atoms with Crippen LogP contribution in [-0.2, 0) is 4.74 Å². The number of rotatable bonds is 2. The van der Waals surface area contributed by atoms with Gasteiger partial charge in [0, 0.05) is 6.04 Å². The van der Waals surface area contributed by atoms with Crippen molar-refractivity contribution in [3.8, 4) is 0 Å². The molecule has 2 unspecified atom stereocenters. The SMILES string of the molecule is FC(F)(F)OC1CCNC(c2ccccc2)C1. The Morgan fingerprint density at radius 3 is 2.53 bits per heavy atom. The lowest BCUT2D eigenvalue weighted by Gasteiger charge is -2.31. The summed E-state index contributed by atoms with van der Waals surface area (Å²) in [4.78, 5) is 0. The van der Waals surface area contributed by atoms with Gasteiger partial charge >= 0.3 is 6.36 Å². The Bertz CT molecular complexity index is 353. The molecular weight excluding hydrogens is 231 g/mol. The maximum absolute atomic E-state index is 12.1. The molecule has 1 N–H and O–H groups in total. The highest BCUT2D eigenvalue weighted by Crippen LogP contribution is 2.29. The Labute approximate surface area is 97.8 Å². The highest BCUT2D eigenvalue weighted by atomic mass is 19.4. The second kappa shape index (κ2) is 5.06. The third-order valence-corrected chi connectivity index (χ3v) is 2.86. The second-order valence-corrected chi connectivity index (χ2v) is 4.13. The number of benzene rings is 1. The van der Waals surface area contributed by atoms with Crippen molar-refractivity contribution in [3.05, 3.63) is 35.9 Å². The lowest BCUT2D eigenvalue weighted by molar-refractivity contribution is -0.345. The molecule has 1 aliphatic heterocycles. The topological polar surface area (TPSA) is 21.3 Å². The van der Waals surface area contributed by atoms with E-state index in [0.717, 1.165) is 5.56 Å². The van der Waals surface area contributed by atoms with Crippen LogP contribution in [0.4, 0.5) is 13.2 Å². The van der Waals surface area contributed by atoms with Crippen LogP contribution in [0.1, 0.15) is 24.4 Å². The molecule has 1 aromatic rings. The van der Waals surface area contributed by atoms with E-state index in [1.807, 2.05) is 30.3 Å². The van der Waals surface area contributed by atoms with E-state index >= 15 is 0 Å². The van der Waals surface area contributed by atoms with E-state index in [1.54, 1.807) is 0 Å². The molecule has 0 radical (unpaired) electrons. The smallest absolute Gasteiger partial charge is 0.310 e. The Kier molecular flexibility index (Phi) is 3.69. The minimum Gasteiger partial charge on any atom is -0.310 e. The lowest BCUT2D eigenvalue weighted by atomic mass is 9.95. The van der Waals surface area contributed by atoms with Gasteiger partial charge in [0.15, 0.2) is 0 Å². The van der Waals surface area contributed by atoms with Crippen molar-refractivity contribution in [2.45, 2.75) is 31.3 Å². The van der Waals surface area contributed by atoms with Gasteiger partial charge in [-0.2, -0.15) is 0 Å². The highest BCUT2D eigenvalue weighted by molar-refractivity contribution is 5.19. The summed E-state index contributed by atoms with van der Waals surface area (Å²) in [6, 6.07) is 9.41. The number of hydrogen-bond donors (Lipinski definition) is 1. The number of piperidine rings is 1. The van der Waals surface area contributed by atoms with E-state index in [-0.39, 0.29) is 6.04 Å². The van der Waals surface area contributed by atoms with Crippen LogP contribution in [0, 0.1) is 0 Å². The van der Waals surface area contributed by atoms with E-state index in [0.29, 0.717) is 19.4 Å². The standard InChI is InChI=1S/C12H14F3NO/c13-12(14,15)17-10-6-7-16-11(8-10)9-4-2-1-3-5-9/h1-5,10-11,16H,6-8H2. The minimum absolute atomic E-state index is 0.0581. The largest absolute Gasteiger partial charge is 0.522 e. The summed E-state index contributed by atoms with van der Waals surface area (Å²) >= 11 is 0. The first-order valence-electron chi connectivity index (χ1n) is 5.57. The molecule has 5 heteroatoms. The molecule has 1 heterocycles. The zero-order valence-corrected chi connectivity index (χ0v) is 9.20. The van der Waals surface area contributed by atoms with E-state index in [4.69, 9.17) is 0 Å². The van der Waals surface area contributed by atoms with Crippen LogP contribution >= 0.6 is 0 Å². The first kappa shape index (κ1) is 12.4. The van der Waals surface area contributed by atoms with Gasteiger partial charge in [-0.15, -0.1) is 13.2 Å². The van der Waals surface area contributed by atoms with Crippen LogP contribution in [0.15, 0.2) is 30.3 Å². The molecule has 1 saturated heterocycles. The molecule has 2 atom stereocenters. The van der Waals surface area contributed by atoms with Gasteiger partial charge in [0.1, 0.15) is 0 Å². The quantitative estimate of drug-likeness (QED) is 0.864. The average Bonchev–Trinajstić information content (AvgIpc) is 2.28. The van der Waals surface area contributed by atoms with Crippen LogP contribution in [0.5, 0.6) is 0 Å². The maximum Gasteiger partial charge on any atom is 0.522 e. The molecule has 0 spiro atoms. The van der Waals surface area contributed by atoms with Gasteiger partial charge in [0.05, 0.1) is 6.10 Å². The summed E-state index contributed by atoms with van der Waals surface area (Å²) < 4.78 is 40.5. The zero-order valence-electron chi connectivity index (χ0n) is 9.20. The molecular formula is C12H14F3NO. The van der Waals surface area contributed by atoms with Crippen molar-refractivity contribution in [1.29, 1.82) is 0 Å². The number of halogens is 3. The van der Waals surface area contributed by atoms with Crippen LogP contribution < -0.4 is 5.32 Å². The zero-order chi connectivity index (χ0) is 12.3. The van der Waals surface area contributed by atoms with Gasteiger partial charge in [-0.25, -0.2) is 0 Å². The predicted molar refractivity (Wildman–Crippen MR) is 57.3 cm³/mol. The van der Waals surface area contributed by atoms with E-state index in [1.165, 1.54) is 0 Å². The third-order valence-electron chi connectivity index (χ3n) is 2.86. The number of hydrogen-bond acceptors (Lipinski definition) is 2. The van der Waals surface area contributed by atoms with Gasteiger partial charge in [0.25, 0.3) is 0 Å². The van der Waals surface area contributed by atoms with E-state index in [2.05, 4.69) is 10.1 Å². The molecule has 0 amide bonds. The third kappa shape index (κ3) is 3.71. The molecule has 0 saturated carbocycles. The summed E-state index contributed by atoms with van der Waals surface area (Å²) in [6.07, 6.45) is -4.54. The molecule has 0 bridgehead atoms. The molecule has 1 aromatic carbocycles. The fourth-order valence-corrected chi connectivity index (χ4v) is 2.12. The van der Waals surface area contributed by atoms with Crippen LogP contribution in [0.2, 0.25) is 0 Å². The van der Waals surface area contributed by atoms with Crippen LogP contribution in [-0.4, -0.2) is 19.0 Å². The monoisotopic (exact) mass is 245 g/mol. The predicted octanol–water partition coefficient (Wildman–Crippen LogP) is 3.02. The van der Waals surface area contributed by atoms with Gasteiger partial charge < -0.3 is 5.32 Å². The Morgan fingerprint density at radius 1 is 1.18 bits per heavy atom. The summed E-state index contributed by atoms with van der Waals surface area (Å²) in [7, 11) is 0. The summed E-state index contributed by atoms with van der Waals surface area (Å²) in [5.41, 5.74) is 1.00. The fraction of sp³-hybridized carbons (Fsp3) is 0.500. The molecule has 0 aliphatic carbocycles. The molecule has 1 fully saturated rings. The molecule has 2 rings (SSSR count). The number of alkyl halides is 3. The van der Waals surface area contributed by atoms with Crippen molar-refractivity contribution >= 4 is 0 Å². The van der Waals surface area contributed by atoms with Crippen LogP contribution in [0.25, 0.3) is 0 Å². The highest BCUT2D eigenvalue weighted by Gasteiger charge is 2.35. The van der Waals surface area contributed by atoms with Crippen molar-refractivity contribution in [1.82, 2.24) is 5.32 Å². The maximum atomic E-state index is 12.1. The van der Waals surface area contributed by atoms with Crippen molar-refractivity contribution in [3.63, 3.8) is 0 Å². The molecule has 2 nitrogen and oxygen atoms in total. The molecule has 94 valence electrons. The first-order chi connectivity index (χ1) is 8.04. The Hall–Kier alpha value is -1.07. The number of nitrogens with one attached hydrogen (secondary N) is 1. The van der Waals surface area contributed by atoms with Crippen molar-refractivity contribution in [2.24, 2.45) is 0 Å². The summed E-state index contributed by atoms with van der Waals surface area (Å²) in [6.45, 7) is 0.542. The summed E-state index contributed by atoms with van der Waals surface area (Å²) in [5.74, 6) is 0. The van der Waals surface area contributed by atoms with Crippen LogP contribution in [0.3, 0.4) is 0 Å². The van der Waals surface area contributed by atoms with Crippen molar-refractivity contribution in [2.75, 3.05) is 6.54 Å². The average molecular weight is 245 g/mol. The van der Waals surface area contributed by atoms with E-state index in [9.17, 15) is 13.2 Å². The minimum atomic E-state index is -4.54. The molecule has 0 aromatic heterocycles. The van der Waals surface area contributed by atoms with Gasteiger partial charge in [-0.1, -0.05) is 30.3 Å². The van der Waals surface area contributed by atoms with Gasteiger partial charge in [-0.3, -0.25) is 4.74 Å². The van der Waals surface area contributed by atoms with E-state index < -0.39 is 12.5 Å². The Morgan fingerprint density at radius 2 is 1.88 bits per heavy atom. The Balaban J connectivity index is 1.98. The normalized spacial score (nSPS) is 25.8. The molecule has 1 aliphatic rings. The summed E-state index contributed by atoms with van der Waals surface area (Å²) in [5, 5.41) is 3.20. The van der Waals surface area contributed by atoms with Gasteiger partial charge in [-0.05, 0) is 24.9 Å². The first-order valence-corrected chi connectivity index (χ1v) is 5.57. The second-order valence-electron chi connectivity index (χ2n) is 4.13.